The van der Waals surface area contributed by atoms with Gasteiger partial charge in [-0.05, 0) is 56.0 Å². The van der Waals surface area contributed by atoms with E-state index in [4.69, 9.17) is 28.4 Å². The van der Waals surface area contributed by atoms with Gasteiger partial charge in [0.15, 0.2) is 0 Å². The third-order valence-corrected chi connectivity index (χ3v) is 13.9. The number of ether oxygens (including phenoxy) is 6. The third-order valence-electron chi connectivity index (χ3n) is 13.9. The number of hydrogen-bond donors (Lipinski definition) is 0. The van der Waals surface area contributed by atoms with Crippen molar-refractivity contribution < 1.29 is 42.8 Å². The summed E-state index contributed by atoms with van der Waals surface area (Å²) in [5.74, 6) is -2.12. The summed E-state index contributed by atoms with van der Waals surface area (Å²) in [6.45, 7) is 5.74. The normalized spacial score (nSPS) is 42.1. The average Bonchev–Trinajstić information content (AvgIpc) is 3.55. The van der Waals surface area contributed by atoms with Gasteiger partial charge in [0.25, 0.3) is 0 Å². The summed E-state index contributed by atoms with van der Waals surface area (Å²) in [6.07, 6.45) is 0.923. The fraction of sp³-hybridized carbons (Fsp3) is 0.625. The van der Waals surface area contributed by atoms with Crippen molar-refractivity contribution in [3.63, 3.8) is 0 Å². The second kappa shape index (κ2) is 12.4. The van der Waals surface area contributed by atoms with Crippen LogP contribution in [0.3, 0.4) is 0 Å². The molecule has 6 aliphatic rings. The molecular formula is C40H49NO9. The van der Waals surface area contributed by atoms with Crippen molar-refractivity contribution in [2.75, 3.05) is 41.0 Å². The maximum absolute atomic E-state index is 14.0. The van der Waals surface area contributed by atoms with Crippen LogP contribution in [-0.4, -0.2) is 99.9 Å². The number of esters is 3. The molecule has 2 aromatic carbocycles. The summed E-state index contributed by atoms with van der Waals surface area (Å²) < 4.78 is 39.2. The molecule has 2 aromatic rings. The Labute approximate surface area is 294 Å². The SMILES string of the molecule is CCN1C[C@]2(COC)CC[C@H](OC(=O)c3ccccc3)[C@]34C1[C@H]([C@H](OC)[C@H]23)[C@@]1(OC(C)=O)C[C@H](OC)[C@H]2C[C@@H]4[C@@H]1[C@H]2OC(=O)c1ccccc1. The van der Waals surface area contributed by atoms with Crippen molar-refractivity contribution >= 4 is 17.9 Å². The molecule has 8 rings (SSSR count). The monoisotopic (exact) mass is 687 g/mol. The minimum absolute atomic E-state index is 0.0617. The standard InChI is InChI=1S/C40H49NO9/c1-6-41-21-38(22-45-3)18-17-29(48-36(43)24-13-9-7-10-14-24)40-27-19-26-28(46-4)20-39(50-23(2)42,31(35(40)41)33(47-5)34(38)40)30(27)32(26)49-37(44)25-15-11-8-12-16-25/h7-16,26-35H,6,17-22H2,1-5H3/t26-,27-,28+,29+,30-,31+,32+,33+,34-,35?,38+,39-,40+/m1/s1. The van der Waals surface area contributed by atoms with E-state index in [2.05, 4.69) is 11.8 Å². The number of carbonyl (C=O) groups is 3. The number of fused-ring (bicyclic) bond motifs is 2. The highest BCUT2D eigenvalue weighted by Gasteiger charge is 2.88. The molecule has 268 valence electrons. The van der Waals surface area contributed by atoms with Crippen LogP contribution in [0.1, 0.15) is 60.2 Å². The van der Waals surface area contributed by atoms with E-state index in [-0.39, 0.29) is 65.2 Å². The lowest BCUT2D eigenvalue weighted by molar-refractivity contribution is -0.276. The number of methoxy groups -OCH3 is 3. The summed E-state index contributed by atoms with van der Waals surface area (Å²) in [5.41, 5.74) is -0.960. The van der Waals surface area contributed by atoms with Crippen LogP contribution in [0.4, 0.5) is 0 Å². The van der Waals surface area contributed by atoms with E-state index in [0.717, 1.165) is 19.5 Å². The molecule has 0 radical (unpaired) electrons. The first kappa shape index (κ1) is 33.8. The van der Waals surface area contributed by atoms with E-state index in [9.17, 15) is 14.4 Å². The van der Waals surface area contributed by atoms with E-state index in [1.807, 2.05) is 36.4 Å². The molecule has 10 heteroatoms. The molecule has 0 N–H and O–H groups in total. The van der Waals surface area contributed by atoms with Crippen LogP contribution in [0.2, 0.25) is 0 Å². The molecule has 1 heterocycles. The summed E-state index contributed by atoms with van der Waals surface area (Å²) in [6, 6.07) is 18.1. The quantitative estimate of drug-likeness (QED) is 0.255. The molecule has 5 saturated carbocycles. The first-order valence-corrected chi connectivity index (χ1v) is 18.2. The smallest absolute Gasteiger partial charge is 0.338 e. The third kappa shape index (κ3) is 4.50. The molecule has 1 spiro atoms. The average molecular weight is 688 g/mol. The van der Waals surface area contributed by atoms with E-state index >= 15 is 0 Å². The van der Waals surface area contributed by atoms with Crippen LogP contribution in [0.15, 0.2) is 60.7 Å². The number of nitrogens with zero attached hydrogens (tertiary/aromatic N) is 1. The van der Waals surface area contributed by atoms with E-state index in [1.54, 1.807) is 45.6 Å². The van der Waals surface area contributed by atoms with E-state index in [1.165, 1.54) is 6.92 Å². The molecule has 6 fully saturated rings. The summed E-state index contributed by atoms with van der Waals surface area (Å²) in [4.78, 5) is 43.8. The van der Waals surface area contributed by atoms with Gasteiger partial charge in [0.2, 0.25) is 0 Å². The first-order valence-electron chi connectivity index (χ1n) is 18.2. The van der Waals surface area contributed by atoms with Gasteiger partial charge in [-0.2, -0.15) is 0 Å². The second-order valence-corrected chi connectivity index (χ2v) is 15.6. The number of hydrogen-bond acceptors (Lipinski definition) is 10. The second-order valence-electron chi connectivity index (χ2n) is 15.6. The maximum Gasteiger partial charge on any atom is 0.338 e. The zero-order valence-corrected chi connectivity index (χ0v) is 29.6. The Morgan fingerprint density at radius 3 is 2.10 bits per heavy atom. The van der Waals surface area contributed by atoms with Gasteiger partial charge >= 0.3 is 17.9 Å². The zero-order chi connectivity index (χ0) is 35.0. The molecule has 7 bridgehead atoms. The highest BCUT2D eigenvalue weighted by Crippen LogP contribution is 2.80. The van der Waals surface area contributed by atoms with Gasteiger partial charge in [-0.15, -0.1) is 0 Å². The molecule has 13 atom stereocenters. The molecule has 1 unspecified atom stereocenters. The van der Waals surface area contributed by atoms with Gasteiger partial charge in [-0.25, -0.2) is 9.59 Å². The van der Waals surface area contributed by atoms with Gasteiger partial charge < -0.3 is 28.4 Å². The van der Waals surface area contributed by atoms with Crippen molar-refractivity contribution in [1.29, 1.82) is 0 Å². The van der Waals surface area contributed by atoms with E-state index in [0.29, 0.717) is 37.0 Å². The van der Waals surface area contributed by atoms with Crippen molar-refractivity contribution in [3.05, 3.63) is 71.8 Å². The van der Waals surface area contributed by atoms with Gasteiger partial charge in [-0.3, -0.25) is 9.69 Å². The largest absolute Gasteiger partial charge is 0.458 e. The molecule has 1 aliphatic heterocycles. The minimum Gasteiger partial charge on any atom is -0.458 e. The fourth-order valence-corrected chi connectivity index (χ4v) is 12.9. The van der Waals surface area contributed by atoms with Gasteiger partial charge in [0, 0.05) is 81.8 Å². The highest BCUT2D eigenvalue weighted by atomic mass is 16.6. The Bertz CT molecular complexity index is 1620. The lowest BCUT2D eigenvalue weighted by Crippen LogP contribution is -2.77. The number of carbonyl (C=O) groups excluding carboxylic acids is 3. The van der Waals surface area contributed by atoms with Gasteiger partial charge in [-0.1, -0.05) is 43.3 Å². The van der Waals surface area contributed by atoms with Crippen LogP contribution < -0.4 is 0 Å². The Balaban J connectivity index is 1.35. The predicted molar refractivity (Wildman–Crippen MR) is 181 cm³/mol. The number of piperidine rings is 1. The summed E-state index contributed by atoms with van der Waals surface area (Å²) in [5, 5.41) is 0. The Hall–Kier alpha value is -3.31. The van der Waals surface area contributed by atoms with Crippen molar-refractivity contribution in [3.8, 4) is 0 Å². The highest BCUT2D eigenvalue weighted by molar-refractivity contribution is 5.90. The van der Waals surface area contributed by atoms with Crippen molar-refractivity contribution in [1.82, 2.24) is 4.90 Å². The number of rotatable bonds is 10. The topological polar surface area (TPSA) is 110 Å². The molecule has 50 heavy (non-hydrogen) atoms. The summed E-state index contributed by atoms with van der Waals surface area (Å²) in [7, 11) is 5.22. The molecule has 0 amide bonds. The van der Waals surface area contributed by atoms with Crippen LogP contribution in [0, 0.1) is 40.4 Å². The van der Waals surface area contributed by atoms with Gasteiger partial charge in [0.1, 0.15) is 17.8 Å². The number of likely N-dealkylation sites (tertiary alicyclic amines) is 1. The minimum atomic E-state index is -1.05. The molecular weight excluding hydrogens is 638 g/mol. The Morgan fingerprint density at radius 2 is 1.52 bits per heavy atom. The first-order chi connectivity index (χ1) is 24.2. The van der Waals surface area contributed by atoms with Crippen molar-refractivity contribution in [2.45, 2.75) is 75.6 Å². The van der Waals surface area contributed by atoms with Crippen LogP contribution in [0.5, 0.6) is 0 Å². The lowest BCUT2D eigenvalue weighted by Gasteiger charge is -2.69. The summed E-state index contributed by atoms with van der Waals surface area (Å²) >= 11 is 0. The van der Waals surface area contributed by atoms with Gasteiger partial charge in [0.05, 0.1) is 29.9 Å². The molecule has 5 aliphatic carbocycles. The Morgan fingerprint density at radius 1 is 0.860 bits per heavy atom. The van der Waals surface area contributed by atoms with Crippen LogP contribution in [0.25, 0.3) is 0 Å². The lowest BCUT2D eigenvalue weighted by atomic mass is 9.43. The molecule has 0 aromatic heterocycles. The maximum atomic E-state index is 14.0. The number of benzene rings is 2. The molecule has 10 nitrogen and oxygen atoms in total. The Kier molecular flexibility index (Phi) is 8.40. The predicted octanol–water partition coefficient (Wildman–Crippen LogP) is 4.80. The fourth-order valence-electron chi connectivity index (χ4n) is 12.9. The van der Waals surface area contributed by atoms with Crippen molar-refractivity contribution in [2.24, 2.45) is 40.4 Å². The molecule has 1 saturated heterocycles. The van der Waals surface area contributed by atoms with E-state index < -0.39 is 29.2 Å². The zero-order valence-electron chi connectivity index (χ0n) is 29.6. The van der Waals surface area contributed by atoms with Crippen LogP contribution in [-0.2, 0) is 33.2 Å². The van der Waals surface area contributed by atoms with Crippen LogP contribution >= 0.6 is 0 Å².